The van der Waals surface area contributed by atoms with Crippen LogP contribution in [-0.2, 0) is 10.3 Å². The van der Waals surface area contributed by atoms with Crippen LogP contribution in [0.1, 0.15) is 38.1 Å². The molecule has 5 nitrogen and oxygen atoms in total. The van der Waals surface area contributed by atoms with Crippen molar-refractivity contribution in [3.8, 4) is 0 Å². The van der Waals surface area contributed by atoms with E-state index in [9.17, 15) is 4.79 Å². The van der Waals surface area contributed by atoms with Crippen LogP contribution in [0.5, 0.6) is 0 Å². The minimum absolute atomic E-state index is 0.148. The predicted octanol–water partition coefficient (Wildman–Crippen LogP) is 2.24. The third-order valence-corrected chi connectivity index (χ3v) is 5.80. The van der Waals surface area contributed by atoms with Gasteiger partial charge in [-0.2, -0.15) is 0 Å². The summed E-state index contributed by atoms with van der Waals surface area (Å²) in [6, 6.07) is 4.11. The van der Waals surface area contributed by atoms with Crippen LogP contribution in [0.2, 0.25) is 0 Å². The summed E-state index contributed by atoms with van der Waals surface area (Å²) >= 11 is 0. The number of hydrogen-bond acceptors (Lipinski definition) is 3. The fraction of sp³-hybridized carbons (Fsp3) is 0.579. The van der Waals surface area contributed by atoms with E-state index in [-0.39, 0.29) is 11.8 Å². The Morgan fingerprint density at radius 3 is 2.75 bits per heavy atom. The number of amides is 1. The fourth-order valence-corrected chi connectivity index (χ4v) is 4.47. The lowest BCUT2D eigenvalue weighted by atomic mass is 9.99. The number of nitrogens with one attached hydrogen (secondary N) is 2. The summed E-state index contributed by atoms with van der Waals surface area (Å²) in [5.41, 5.74) is 1.79. The molecule has 1 saturated heterocycles. The van der Waals surface area contributed by atoms with Crippen LogP contribution >= 0.6 is 0 Å². The molecular weight excluding hydrogens is 300 g/mol. The lowest BCUT2D eigenvalue weighted by Crippen LogP contribution is -2.45. The third kappa shape index (κ3) is 2.51. The van der Waals surface area contributed by atoms with E-state index in [0.29, 0.717) is 11.8 Å². The van der Waals surface area contributed by atoms with Crippen molar-refractivity contribution >= 4 is 11.4 Å². The first-order valence-corrected chi connectivity index (χ1v) is 8.91. The number of nitrogens with zero attached hydrogens (tertiary/aromatic N) is 2. The predicted molar refractivity (Wildman–Crippen MR) is 93.7 cm³/mol. The van der Waals surface area contributed by atoms with Crippen LogP contribution in [0.4, 0.5) is 0 Å². The molecule has 0 spiro atoms. The SMILES string of the molecule is Cc1cccn2c(C(C)(C)NC(=O)C3CC4CNC[C@H]4C3)ncc12. The zero-order valence-corrected chi connectivity index (χ0v) is 14.7. The van der Waals surface area contributed by atoms with Gasteiger partial charge < -0.3 is 15.0 Å². The number of carbonyl (C=O) groups is 1. The molecule has 24 heavy (non-hydrogen) atoms. The second kappa shape index (κ2) is 5.59. The molecule has 0 bridgehead atoms. The summed E-state index contributed by atoms with van der Waals surface area (Å²) < 4.78 is 2.09. The van der Waals surface area contributed by atoms with E-state index in [4.69, 9.17) is 0 Å². The quantitative estimate of drug-likeness (QED) is 0.909. The molecule has 2 fully saturated rings. The number of pyridine rings is 1. The van der Waals surface area contributed by atoms with E-state index >= 15 is 0 Å². The monoisotopic (exact) mass is 326 g/mol. The van der Waals surface area contributed by atoms with E-state index in [1.165, 1.54) is 5.56 Å². The zero-order valence-electron chi connectivity index (χ0n) is 14.7. The van der Waals surface area contributed by atoms with Gasteiger partial charge in [-0.05, 0) is 70.2 Å². The summed E-state index contributed by atoms with van der Waals surface area (Å²) in [5, 5.41) is 6.69. The van der Waals surface area contributed by atoms with Gasteiger partial charge in [0, 0.05) is 12.1 Å². The fourth-order valence-electron chi connectivity index (χ4n) is 4.47. The van der Waals surface area contributed by atoms with Crippen LogP contribution in [0, 0.1) is 24.7 Å². The van der Waals surface area contributed by atoms with Crippen LogP contribution < -0.4 is 10.6 Å². The van der Waals surface area contributed by atoms with Gasteiger partial charge in [0.15, 0.2) is 0 Å². The molecule has 1 saturated carbocycles. The molecule has 2 N–H and O–H groups in total. The van der Waals surface area contributed by atoms with Gasteiger partial charge in [0.2, 0.25) is 5.91 Å². The van der Waals surface area contributed by atoms with Gasteiger partial charge in [-0.25, -0.2) is 4.98 Å². The summed E-state index contributed by atoms with van der Waals surface area (Å²) in [5.74, 6) is 2.57. The molecule has 5 heteroatoms. The highest BCUT2D eigenvalue weighted by Crippen LogP contribution is 2.39. The Morgan fingerprint density at radius 1 is 1.33 bits per heavy atom. The standard InChI is InChI=1S/C19H26N4O/c1-12-5-4-6-23-16(12)11-21-18(23)19(2,3)22-17(24)13-7-14-9-20-10-15(14)8-13/h4-6,11,13-15,20H,7-10H2,1-3H3,(H,22,24)/t13?,14-,15?/m1/s1. The van der Waals surface area contributed by atoms with Gasteiger partial charge >= 0.3 is 0 Å². The Bertz CT molecular complexity index is 767. The largest absolute Gasteiger partial charge is 0.344 e. The molecule has 1 aliphatic carbocycles. The average Bonchev–Trinajstić information content (AvgIpc) is 3.21. The average molecular weight is 326 g/mol. The Morgan fingerprint density at radius 2 is 2.04 bits per heavy atom. The molecule has 2 aliphatic rings. The normalized spacial score (nSPS) is 26.7. The van der Waals surface area contributed by atoms with E-state index < -0.39 is 5.54 Å². The molecule has 3 heterocycles. The van der Waals surface area contributed by atoms with Gasteiger partial charge in [0.1, 0.15) is 5.82 Å². The summed E-state index contributed by atoms with van der Waals surface area (Å²) in [6.45, 7) is 8.31. The topological polar surface area (TPSA) is 58.4 Å². The number of fused-ring (bicyclic) bond motifs is 2. The Kier molecular flexibility index (Phi) is 3.64. The first-order valence-electron chi connectivity index (χ1n) is 8.91. The van der Waals surface area contributed by atoms with Gasteiger partial charge in [0.25, 0.3) is 0 Å². The maximum Gasteiger partial charge on any atom is 0.223 e. The minimum Gasteiger partial charge on any atom is -0.344 e. The smallest absolute Gasteiger partial charge is 0.223 e. The first kappa shape index (κ1) is 15.6. The van der Waals surface area contributed by atoms with E-state index in [1.54, 1.807) is 0 Å². The van der Waals surface area contributed by atoms with Crippen molar-refractivity contribution < 1.29 is 4.79 Å². The number of hydrogen-bond donors (Lipinski definition) is 2. The molecule has 2 aromatic heterocycles. The molecule has 2 unspecified atom stereocenters. The molecular formula is C19H26N4O. The van der Waals surface area contributed by atoms with Crippen molar-refractivity contribution in [2.24, 2.45) is 17.8 Å². The summed E-state index contributed by atoms with van der Waals surface area (Å²) in [4.78, 5) is 17.4. The summed E-state index contributed by atoms with van der Waals surface area (Å²) in [7, 11) is 0. The number of aryl methyl sites for hydroxylation is 1. The molecule has 1 amide bonds. The maximum atomic E-state index is 12.8. The Hall–Kier alpha value is -1.88. The highest BCUT2D eigenvalue weighted by Gasteiger charge is 2.41. The van der Waals surface area contributed by atoms with E-state index in [2.05, 4.69) is 33.0 Å². The van der Waals surface area contributed by atoms with Crippen molar-refractivity contribution in [3.05, 3.63) is 35.9 Å². The van der Waals surface area contributed by atoms with Crippen molar-refractivity contribution in [3.63, 3.8) is 0 Å². The summed E-state index contributed by atoms with van der Waals surface area (Å²) in [6.07, 6.45) is 5.94. The number of carbonyl (C=O) groups excluding carboxylic acids is 1. The second-order valence-corrected chi connectivity index (χ2v) is 7.99. The molecule has 1 aliphatic heterocycles. The molecule has 128 valence electrons. The molecule has 4 rings (SSSR count). The molecule has 2 aromatic rings. The molecule has 0 radical (unpaired) electrons. The first-order chi connectivity index (χ1) is 11.5. The second-order valence-electron chi connectivity index (χ2n) is 7.99. The van der Waals surface area contributed by atoms with Crippen molar-refractivity contribution in [1.29, 1.82) is 0 Å². The van der Waals surface area contributed by atoms with Crippen LogP contribution in [0.3, 0.4) is 0 Å². The van der Waals surface area contributed by atoms with Crippen molar-refractivity contribution in [2.45, 2.75) is 39.2 Å². The molecule has 0 aromatic carbocycles. The minimum atomic E-state index is -0.493. The van der Waals surface area contributed by atoms with Crippen LogP contribution in [-0.4, -0.2) is 28.4 Å². The van der Waals surface area contributed by atoms with Crippen molar-refractivity contribution in [2.75, 3.05) is 13.1 Å². The molecule has 3 atom stereocenters. The number of aromatic nitrogens is 2. The maximum absolute atomic E-state index is 12.8. The lowest BCUT2D eigenvalue weighted by Gasteiger charge is -2.27. The highest BCUT2D eigenvalue weighted by atomic mass is 16.2. The van der Waals surface area contributed by atoms with Gasteiger partial charge in [-0.15, -0.1) is 0 Å². The number of imidazole rings is 1. The Balaban J connectivity index is 1.54. The van der Waals surface area contributed by atoms with E-state index in [1.807, 2.05) is 32.3 Å². The third-order valence-electron chi connectivity index (χ3n) is 5.80. The lowest BCUT2D eigenvalue weighted by molar-refractivity contribution is -0.126. The number of rotatable bonds is 3. The van der Waals surface area contributed by atoms with Gasteiger partial charge in [0.05, 0.1) is 17.3 Å². The highest BCUT2D eigenvalue weighted by molar-refractivity contribution is 5.80. The zero-order chi connectivity index (χ0) is 16.9. The van der Waals surface area contributed by atoms with Crippen molar-refractivity contribution in [1.82, 2.24) is 20.0 Å². The Labute approximate surface area is 142 Å². The van der Waals surface area contributed by atoms with Crippen LogP contribution in [0.15, 0.2) is 24.5 Å². The van der Waals surface area contributed by atoms with Gasteiger partial charge in [-0.1, -0.05) is 6.07 Å². The van der Waals surface area contributed by atoms with E-state index in [0.717, 1.165) is 37.3 Å². The van der Waals surface area contributed by atoms with Crippen LogP contribution in [0.25, 0.3) is 5.52 Å². The van der Waals surface area contributed by atoms with Gasteiger partial charge in [-0.3, -0.25) is 4.79 Å².